The van der Waals surface area contributed by atoms with Crippen LogP contribution in [0.3, 0.4) is 0 Å². The first-order valence-electron chi connectivity index (χ1n) is 8.06. The summed E-state index contributed by atoms with van der Waals surface area (Å²) in [5, 5.41) is 24.5. The monoisotopic (exact) mass is 414 g/mol. The first kappa shape index (κ1) is 20.0. The van der Waals surface area contributed by atoms with Crippen LogP contribution in [0.25, 0.3) is 11.0 Å². The van der Waals surface area contributed by atoms with E-state index in [2.05, 4.69) is 10.5 Å². The Morgan fingerprint density at radius 1 is 1.21 bits per heavy atom. The van der Waals surface area contributed by atoms with Crippen LogP contribution in [0.2, 0.25) is 0 Å². The van der Waals surface area contributed by atoms with Crippen molar-refractivity contribution in [1.82, 2.24) is 9.46 Å². The van der Waals surface area contributed by atoms with Gasteiger partial charge in [-0.2, -0.15) is 5.26 Å². The third-order valence-electron chi connectivity index (χ3n) is 4.06. The van der Waals surface area contributed by atoms with Gasteiger partial charge in [0.05, 0.1) is 33.2 Å². The van der Waals surface area contributed by atoms with Gasteiger partial charge in [0, 0.05) is 14.1 Å². The highest BCUT2D eigenvalue weighted by molar-refractivity contribution is 7.89. The molecule has 148 valence electrons. The lowest BCUT2D eigenvalue weighted by Gasteiger charge is -2.11. The van der Waals surface area contributed by atoms with E-state index < -0.39 is 21.9 Å². The number of carbonyl (C=O) groups excluding carboxylic acids is 1. The van der Waals surface area contributed by atoms with Crippen molar-refractivity contribution in [3.63, 3.8) is 0 Å². The molecule has 3 rings (SSSR count). The number of benzene rings is 2. The molecule has 0 atom stereocenters. The number of hydrogen-bond donors (Lipinski definition) is 2. The molecule has 2 aromatic carbocycles. The van der Waals surface area contributed by atoms with Gasteiger partial charge in [-0.15, -0.1) is 0 Å². The minimum atomic E-state index is -3.75. The molecule has 1 aromatic heterocycles. The zero-order chi connectivity index (χ0) is 21.3. The Hall–Kier alpha value is -3.75. The number of fused-ring (bicyclic) bond motifs is 1. The average Bonchev–Trinajstić information content (AvgIpc) is 3.11. The maximum atomic E-state index is 12.7. The quantitative estimate of drug-likeness (QED) is 0.642. The lowest BCUT2D eigenvalue weighted by atomic mass is 10.1. The predicted octanol–water partition coefficient (Wildman–Crippen LogP) is 1.90. The number of nitrogens with one attached hydrogen (secondary N) is 1. The molecule has 3 aromatic rings. The molecule has 0 aliphatic carbocycles. The Balaban J connectivity index is 2.03. The molecule has 0 unspecified atom stereocenters. The van der Waals surface area contributed by atoms with E-state index in [0.29, 0.717) is 0 Å². The maximum Gasteiger partial charge on any atom is 0.337 e. The number of rotatable bonds is 5. The van der Waals surface area contributed by atoms with Crippen LogP contribution >= 0.6 is 0 Å². The van der Waals surface area contributed by atoms with Crippen LogP contribution in [-0.2, 0) is 10.0 Å². The number of amides is 1. The van der Waals surface area contributed by atoms with E-state index in [1.807, 2.05) is 6.07 Å². The van der Waals surface area contributed by atoms with Crippen molar-refractivity contribution in [3.05, 3.63) is 53.2 Å². The van der Waals surface area contributed by atoms with E-state index in [4.69, 9.17) is 9.78 Å². The zero-order valence-electron chi connectivity index (χ0n) is 15.2. The molecule has 10 nitrogen and oxygen atoms in total. The van der Waals surface area contributed by atoms with Crippen molar-refractivity contribution in [2.45, 2.75) is 4.90 Å². The van der Waals surface area contributed by atoms with Gasteiger partial charge in [-0.05, 0) is 36.4 Å². The highest BCUT2D eigenvalue weighted by Gasteiger charge is 2.23. The number of aromatic nitrogens is 1. The van der Waals surface area contributed by atoms with Crippen molar-refractivity contribution < 1.29 is 27.6 Å². The predicted molar refractivity (Wildman–Crippen MR) is 101 cm³/mol. The van der Waals surface area contributed by atoms with Gasteiger partial charge >= 0.3 is 5.97 Å². The summed E-state index contributed by atoms with van der Waals surface area (Å²) in [5.41, 5.74) is -0.232. The molecule has 29 heavy (non-hydrogen) atoms. The highest BCUT2D eigenvalue weighted by atomic mass is 32.2. The fraction of sp³-hybridized carbons (Fsp3) is 0.111. The van der Waals surface area contributed by atoms with Crippen LogP contribution in [0.5, 0.6) is 0 Å². The number of hydrogen-bond acceptors (Lipinski definition) is 7. The number of carbonyl (C=O) groups is 2. The minimum absolute atomic E-state index is 0.0466. The summed E-state index contributed by atoms with van der Waals surface area (Å²) in [6, 6.07) is 9.54. The van der Waals surface area contributed by atoms with Crippen LogP contribution in [0.15, 0.2) is 45.8 Å². The number of nitriles is 1. The van der Waals surface area contributed by atoms with E-state index >= 15 is 0 Å². The third-order valence-corrected chi connectivity index (χ3v) is 5.87. The second kappa shape index (κ2) is 7.34. The summed E-state index contributed by atoms with van der Waals surface area (Å²) in [4.78, 5) is 24.0. The fourth-order valence-electron chi connectivity index (χ4n) is 2.53. The summed E-state index contributed by atoms with van der Waals surface area (Å²) in [6.07, 6.45) is 0. The van der Waals surface area contributed by atoms with Crippen molar-refractivity contribution in [1.29, 1.82) is 5.26 Å². The van der Waals surface area contributed by atoms with E-state index in [-0.39, 0.29) is 38.4 Å². The lowest BCUT2D eigenvalue weighted by Crippen LogP contribution is -2.22. The number of sulfonamides is 1. The van der Waals surface area contributed by atoms with Gasteiger partial charge in [0.1, 0.15) is 0 Å². The molecule has 1 amide bonds. The summed E-state index contributed by atoms with van der Waals surface area (Å²) in [6.45, 7) is 0. The number of carboxylic acids is 1. The van der Waals surface area contributed by atoms with Crippen LogP contribution in [0, 0.1) is 11.3 Å². The lowest BCUT2D eigenvalue weighted by molar-refractivity contribution is 0.0698. The first-order valence-corrected chi connectivity index (χ1v) is 9.50. The Morgan fingerprint density at radius 2 is 1.93 bits per heavy atom. The molecule has 0 aliphatic rings. The maximum absolute atomic E-state index is 12.7. The van der Waals surface area contributed by atoms with E-state index in [1.165, 1.54) is 44.4 Å². The van der Waals surface area contributed by atoms with Crippen molar-refractivity contribution in [3.8, 4) is 6.07 Å². The fourth-order valence-corrected chi connectivity index (χ4v) is 3.46. The third kappa shape index (κ3) is 3.66. The largest absolute Gasteiger partial charge is 0.478 e. The van der Waals surface area contributed by atoms with Gasteiger partial charge in [-0.25, -0.2) is 17.5 Å². The average molecular weight is 414 g/mol. The van der Waals surface area contributed by atoms with Crippen molar-refractivity contribution in [2.75, 3.05) is 19.4 Å². The molecule has 1 heterocycles. The van der Waals surface area contributed by atoms with Crippen LogP contribution in [0.1, 0.15) is 26.4 Å². The Morgan fingerprint density at radius 3 is 2.55 bits per heavy atom. The van der Waals surface area contributed by atoms with Gasteiger partial charge in [0.15, 0.2) is 11.3 Å². The molecule has 0 bridgehead atoms. The molecule has 0 spiro atoms. The molecule has 11 heteroatoms. The van der Waals surface area contributed by atoms with Crippen LogP contribution < -0.4 is 5.32 Å². The molecule has 2 N–H and O–H groups in total. The SMILES string of the molecule is CN(C)S(=O)(=O)c1ccc2onc(C(=O)Nc3ccc(C#N)cc3C(=O)O)c2c1. The molecule has 0 saturated carbocycles. The van der Waals surface area contributed by atoms with Crippen LogP contribution in [-0.4, -0.2) is 49.0 Å². The number of carboxylic acid groups (broad SMARTS) is 1. The Labute approximate surface area is 165 Å². The summed E-state index contributed by atoms with van der Waals surface area (Å²) in [5.74, 6) is -2.13. The summed E-state index contributed by atoms with van der Waals surface area (Å²) >= 11 is 0. The number of aromatic carboxylic acids is 1. The minimum Gasteiger partial charge on any atom is -0.478 e. The van der Waals surface area contributed by atoms with Crippen molar-refractivity contribution >= 4 is 38.6 Å². The van der Waals surface area contributed by atoms with Gasteiger partial charge in [-0.3, -0.25) is 4.79 Å². The number of anilines is 1. The Kier molecular flexibility index (Phi) is 5.06. The van der Waals surface area contributed by atoms with E-state index in [9.17, 15) is 23.1 Å². The number of nitrogens with zero attached hydrogens (tertiary/aromatic N) is 3. The molecule has 0 fully saturated rings. The smallest absolute Gasteiger partial charge is 0.337 e. The summed E-state index contributed by atoms with van der Waals surface area (Å²) < 4.78 is 30.8. The second-order valence-corrected chi connectivity index (χ2v) is 8.26. The molecule has 0 aliphatic heterocycles. The first-order chi connectivity index (χ1) is 13.6. The molecular weight excluding hydrogens is 400 g/mol. The van der Waals surface area contributed by atoms with Crippen LogP contribution in [0.4, 0.5) is 5.69 Å². The molecule has 0 radical (unpaired) electrons. The highest BCUT2D eigenvalue weighted by Crippen LogP contribution is 2.25. The zero-order valence-corrected chi connectivity index (χ0v) is 16.0. The van der Waals surface area contributed by atoms with E-state index in [0.717, 1.165) is 10.4 Å². The van der Waals surface area contributed by atoms with Crippen molar-refractivity contribution in [2.24, 2.45) is 0 Å². The van der Waals surface area contributed by atoms with E-state index in [1.54, 1.807) is 0 Å². The molecular formula is C18H14N4O6S. The van der Waals surface area contributed by atoms with Gasteiger partial charge in [0.2, 0.25) is 10.0 Å². The van der Waals surface area contributed by atoms with Gasteiger partial charge in [-0.1, -0.05) is 5.16 Å². The van der Waals surface area contributed by atoms with Gasteiger partial charge < -0.3 is 14.9 Å². The normalized spacial score (nSPS) is 11.4. The second-order valence-electron chi connectivity index (χ2n) is 6.11. The Bertz CT molecular complexity index is 1290. The summed E-state index contributed by atoms with van der Waals surface area (Å²) in [7, 11) is -1.00. The topological polar surface area (TPSA) is 154 Å². The standard InChI is InChI=1S/C18H14N4O6S/c1-22(2)29(26,27)11-4-6-15-13(8-11)16(21-28-15)17(23)20-14-5-3-10(9-19)7-12(14)18(24)25/h3-8H,1-2H3,(H,20,23)(H,24,25). The van der Waals surface area contributed by atoms with Gasteiger partial charge in [0.25, 0.3) is 5.91 Å². The molecule has 0 saturated heterocycles.